The minimum absolute atomic E-state index is 0.0676. The topological polar surface area (TPSA) is 71.1 Å². The van der Waals surface area contributed by atoms with E-state index in [0.717, 1.165) is 37.8 Å². The van der Waals surface area contributed by atoms with Crippen molar-refractivity contribution in [2.24, 2.45) is 23.2 Å². The third kappa shape index (κ3) is 2.94. The van der Waals surface area contributed by atoms with Gasteiger partial charge < -0.3 is 10.6 Å². The molecule has 25 heavy (non-hydrogen) atoms. The van der Waals surface area contributed by atoms with Crippen molar-refractivity contribution >= 4 is 11.8 Å². The average molecular weight is 341 g/mol. The van der Waals surface area contributed by atoms with Crippen molar-refractivity contribution in [1.82, 2.24) is 15.6 Å². The highest BCUT2D eigenvalue weighted by Gasteiger charge is 2.56. The van der Waals surface area contributed by atoms with Gasteiger partial charge in [0, 0.05) is 24.2 Å². The Morgan fingerprint density at radius 2 is 1.88 bits per heavy atom. The SMILES string of the molecule is CNC(=O)C12CC3CC(NC(=O)c4cccc(C)n4)CC(C1)C(C3)C2. The van der Waals surface area contributed by atoms with Gasteiger partial charge in [-0.15, -0.1) is 0 Å². The second-order valence-corrected chi connectivity index (χ2v) is 8.40. The van der Waals surface area contributed by atoms with Crippen LogP contribution in [0.4, 0.5) is 0 Å². The van der Waals surface area contributed by atoms with E-state index in [0.29, 0.717) is 23.4 Å². The quantitative estimate of drug-likeness (QED) is 0.887. The monoisotopic (exact) mass is 341 g/mol. The Kier molecular flexibility index (Phi) is 4.05. The number of hydrogen-bond donors (Lipinski definition) is 2. The molecule has 5 nitrogen and oxygen atoms in total. The molecule has 5 heteroatoms. The predicted molar refractivity (Wildman–Crippen MR) is 94.9 cm³/mol. The van der Waals surface area contributed by atoms with Crippen LogP contribution >= 0.6 is 0 Å². The van der Waals surface area contributed by atoms with Crippen LogP contribution in [0.1, 0.15) is 54.7 Å². The van der Waals surface area contributed by atoms with Gasteiger partial charge in [-0.3, -0.25) is 9.59 Å². The Balaban J connectivity index is 1.48. The van der Waals surface area contributed by atoms with Crippen LogP contribution < -0.4 is 10.6 Å². The zero-order valence-electron chi connectivity index (χ0n) is 15.0. The van der Waals surface area contributed by atoms with E-state index in [1.54, 1.807) is 13.1 Å². The number of nitrogens with zero attached hydrogens (tertiary/aromatic N) is 1. The fraction of sp³-hybridized carbons (Fsp3) is 0.650. The summed E-state index contributed by atoms with van der Waals surface area (Å²) in [6, 6.07) is 5.76. The molecule has 1 heterocycles. The molecule has 3 aliphatic rings. The maximum atomic E-state index is 12.6. The number of carbonyl (C=O) groups excluding carboxylic acids is 2. The van der Waals surface area contributed by atoms with Crippen LogP contribution in [0.3, 0.4) is 0 Å². The lowest BCUT2D eigenvalue weighted by atomic mass is 9.69. The Morgan fingerprint density at radius 3 is 2.60 bits per heavy atom. The number of aromatic nitrogens is 1. The fourth-order valence-electron chi connectivity index (χ4n) is 5.84. The first-order valence-electron chi connectivity index (χ1n) is 9.46. The second kappa shape index (κ2) is 6.11. The molecule has 3 saturated carbocycles. The standard InChI is InChI=1S/C20H27N3O2/c1-12-4-3-5-17(22-12)18(24)23-16-7-13-6-14-10-20(9-13,19(25)21-2)11-15(14)8-16/h3-5,13-16H,6-11H2,1-2H3,(H,21,25)(H,23,24). The van der Waals surface area contributed by atoms with Gasteiger partial charge in [0.1, 0.15) is 5.69 Å². The predicted octanol–water partition coefficient (Wildman–Crippen LogP) is 2.45. The van der Waals surface area contributed by atoms with Gasteiger partial charge >= 0.3 is 0 Å². The lowest BCUT2D eigenvalue weighted by Crippen LogP contribution is -2.43. The summed E-state index contributed by atoms with van der Waals surface area (Å²) in [5.74, 6) is 1.91. The largest absolute Gasteiger partial charge is 0.359 e. The molecule has 1 aromatic rings. The van der Waals surface area contributed by atoms with E-state index in [1.165, 1.54) is 6.42 Å². The number of carbonyl (C=O) groups is 2. The van der Waals surface area contributed by atoms with Gasteiger partial charge in [0.05, 0.1) is 0 Å². The van der Waals surface area contributed by atoms with Crippen LogP contribution in [0, 0.1) is 30.1 Å². The van der Waals surface area contributed by atoms with Crippen molar-refractivity contribution in [3.05, 3.63) is 29.6 Å². The van der Waals surface area contributed by atoms with Gasteiger partial charge in [-0.25, -0.2) is 4.98 Å². The number of amides is 2. The first-order chi connectivity index (χ1) is 12.0. The summed E-state index contributed by atoms with van der Waals surface area (Å²) in [5, 5.41) is 6.12. The molecule has 4 rings (SSSR count). The van der Waals surface area contributed by atoms with Gasteiger partial charge in [-0.1, -0.05) is 6.07 Å². The number of nitrogens with one attached hydrogen (secondary N) is 2. The van der Waals surface area contributed by atoms with Crippen molar-refractivity contribution in [2.45, 2.75) is 51.5 Å². The van der Waals surface area contributed by atoms with E-state index in [-0.39, 0.29) is 23.3 Å². The third-order valence-electron chi connectivity index (χ3n) is 6.66. The van der Waals surface area contributed by atoms with E-state index in [2.05, 4.69) is 15.6 Å². The number of rotatable bonds is 3. The summed E-state index contributed by atoms with van der Waals surface area (Å²) in [7, 11) is 1.76. The number of fused-ring (bicyclic) bond motifs is 2. The van der Waals surface area contributed by atoms with Gasteiger partial charge in [0.2, 0.25) is 5.91 Å². The summed E-state index contributed by atoms with van der Waals surface area (Å²) in [6.45, 7) is 1.90. The Bertz CT molecular complexity index is 700. The van der Waals surface area contributed by atoms with Crippen LogP contribution in [-0.4, -0.2) is 29.9 Å². The smallest absolute Gasteiger partial charge is 0.270 e. The molecule has 2 amide bonds. The Labute approximate surface area is 149 Å². The molecule has 3 fully saturated rings. The van der Waals surface area contributed by atoms with Crippen molar-refractivity contribution in [2.75, 3.05) is 7.05 Å². The van der Waals surface area contributed by atoms with Crippen LogP contribution in [0.5, 0.6) is 0 Å². The first-order valence-corrected chi connectivity index (χ1v) is 9.46. The summed E-state index contributed by atoms with van der Waals surface area (Å²) in [6.07, 6.45) is 6.21. The molecule has 2 N–H and O–H groups in total. The lowest BCUT2D eigenvalue weighted by Gasteiger charge is -2.37. The number of aryl methyl sites for hydroxylation is 1. The molecule has 0 saturated heterocycles. The second-order valence-electron chi connectivity index (χ2n) is 8.40. The van der Waals surface area contributed by atoms with Gasteiger partial charge in [0.15, 0.2) is 0 Å². The van der Waals surface area contributed by atoms with Crippen molar-refractivity contribution in [1.29, 1.82) is 0 Å². The van der Waals surface area contributed by atoms with Crippen LogP contribution in [0.2, 0.25) is 0 Å². The first kappa shape index (κ1) is 16.6. The van der Waals surface area contributed by atoms with Crippen molar-refractivity contribution < 1.29 is 9.59 Å². The van der Waals surface area contributed by atoms with E-state index in [1.807, 2.05) is 19.1 Å². The Morgan fingerprint density at radius 1 is 1.12 bits per heavy atom. The average Bonchev–Trinajstić information content (AvgIpc) is 2.77. The van der Waals surface area contributed by atoms with E-state index < -0.39 is 0 Å². The highest BCUT2D eigenvalue weighted by Crippen LogP contribution is 2.60. The van der Waals surface area contributed by atoms with Crippen LogP contribution in [0.25, 0.3) is 0 Å². The van der Waals surface area contributed by atoms with E-state index >= 15 is 0 Å². The molecule has 3 bridgehead atoms. The number of hydrogen-bond acceptors (Lipinski definition) is 3. The highest BCUT2D eigenvalue weighted by molar-refractivity contribution is 5.92. The normalized spacial score (nSPS) is 35.9. The molecule has 3 aliphatic carbocycles. The summed E-state index contributed by atoms with van der Waals surface area (Å²) in [5.41, 5.74) is 1.22. The molecule has 1 aromatic heterocycles. The molecule has 134 valence electrons. The summed E-state index contributed by atoms with van der Waals surface area (Å²) < 4.78 is 0. The molecular formula is C20H27N3O2. The Hall–Kier alpha value is -1.91. The molecule has 5 unspecified atom stereocenters. The van der Waals surface area contributed by atoms with E-state index in [4.69, 9.17) is 0 Å². The lowest BCUT2D eigenvalue weighted by molar-refractivity contribution is -0.132. The zero-order valence-corrected chi connectivity index (χ0v) is 15.0. The molecular weight excluding hydrogens is 314 g/mol. The third-order valence-corrected chi connectivity index (χ3v) is 6.66. The highest BCUT2D eigenvalue weighted by atomic mass is 16.2. The van der Waals surface area contributed by atoms with Crippen LogP contribution in [-0.2, 0) is 4.79 Å². The number of pyridine rings is 1. The molecule has 0 radical (unpaired) electrons. The van der Waals surface area contributed by atoms with Gasteiger partial charge in [0.25, 0.3) is 5.91 Å². The van der Waals surface area contributed by atoms with Crippen LogP contribution in [0.15, 0.2) is 18.2 Å². The summed E-state index contributed by atoms with van der Waals surface area (Å²) in [4.78, 5) is 29.4. The summed E-state index contributed by atoms with van der Waals surface area (Å²) >= 11 is 0. The van der Waals surface area contributed by atoms with E-state index in [9.17, 15) is 9.59 Å². The van der Waals surface area contributed by atoms with Crippen molar-refractivity contribution in [3.8, 4) is 0 Å². The fourth-order valence-corrected chi connectivity index (χ4v) is 5.84. The minimum Gasteiger partial charge on any atom is -0.359 e. The maximum absolute atomic E-state index is 12.6. The molecule has 0 aliphatic heterocycles. The minimum atomic E-state index is -0.139. The zero-order chi connectivity index (χ0) is 17.6. The molecule has 0 spiro atoms. The van der Waals surface area contributed by atoms with Gasteiger partial charge in [-0.2, -0.15) is 0 Å². The molecule has 0 aromatic carbocycles. The van der Waals surface area contributed by atoms with Gasteiger partial charge in [-0.05, 0) is 75.3 Å². The maximum Gasteiger partial charge on any atom is 0.270 e. The molecule has 5 atom stereocenters. The van der Waals surface area contributed by atoms with Crippen molar-refractivity contribution in [3.63, 3.8) is 0 Å².